The number of nitrogens with one attached hydrogen (secondary N) is 1. The van der Waals surface area contributed by atoms with Gasteiger partial charge in [-0.05, 0) is 45.6 Å². The van der Waals surface area contributed by atoms with Gasteiger partial charge in [-0.25, -0.2) is 0 Å². The molecule has 0 aliphatic heterocycles. The molecule has 0 saturated carbocycles. The number of hydrogen-bond donors (Lipinski definition) is 1. The Morgan fingerprint density at radius 1 is 1.16 bits per heavy atom. The highest BCUT2D eigenvalue weighted by atomic mass is 79.9. The fourth-order valence-electron chi connectivity index (χ4n) is 2.28. The Morgan fingerprint density at radius 2 is 1.88 bits per heavy atom. The monoisotopic (exact) mass is 396 g/mol. The van der Waals surface area contributed by atoms with E-state index < -0.39 is 0 Å². The second-order valence-corrected chi connectivity index (χ2v) is 6.18. The molecule has 3 aromatic rings. The molecule has 0 aliphatic carbocycles. The van der Waals surface area contributed by atoms with Crippen LogP contribution in [0.4, 0.5) is 5.69 Å². The summed E-state index contributed by atoms with van der Waals surface area (Å²) in [4.78, 5) is 12.5. The maximum absolute atomic E-state index is 12.5. The minimum Gasteiger partial charge on any atom is -0.275 e. The molecule has 0 aliphatic rings. The van der Waals surface area contributed by atoms with E-state index in [0.29, 0.717) is 15.8 Å². The fourth-order valence-corrected chi connectivity index (χ4v) is 2.64. The lowest BCUT2D eigenvalue weighted by atomic mass is 10.1. The lowest BCUT2D eigenvalue weighted by Gasteiger charge is -2.07. The molecule has 1 aromatic heterocycles. The molecule has 3 rings (SSSR count). The van der Waals surface area contributed by atoms with Crippen molar-refractivity contribution in [2.24, 2.45) is 5.10 Å². The molecule has 126 valence electrons. The number of aryl methyl sites for hydroxylation is 1. The van der Waals surface area contributed by atoms with Gasteiger partial charge in [0.25, 0.3) is 5.56 Å². The fraction of sp³-hybridized carbons (Fsp3) is 0.105. The number of anilines is 1. The highest BCUT2D eigenvalue weighted by molar-refractivity contribution is 9.10. The number of rotatable bonds is 5. The van der Waals surface area contributed by atoms with Crippen LogP contribution in [0, 0.1) is 0 Å². The summed E-state index contributed by atoms with van der Waals surface area (Å²) in [7, 11) is 0. The quantitative estimate of drug-likeness (QED) is 0.523. The summed E-state index contributed by atoms with van der Waals surface area (Å²) in [5.74, 6) is 0. The number of halogens is 1. The van der Waals surface area contributed by atoms with Gasteiger partial charge in [0.1, 0.15) is 4.47 Å². The average molecular weight is 397 g/mol. The first-order valence-corrected chi connectivity index (χ1v) is 8.69. The highest BCUT2D eigenvalue weighted by Gasteiger charge is 2.09. The maximum Gasteiger partial charge on any atom is 0.287 e. The van der Waals surface area contributed by atoms with Crippen LogP contribution in [0.25, 0.3) is 5.69 Å². The molecule has 0 radical (unpaired) electrons. The van der Waals surface area contributed by atoms with E-state index >= 15 is 0 Å². The van der Waals surface area contributed by atoms with Crippen LogP contribution in [-0.2, 0) is 6.42 Å². The zero-order chi connectivity index (χ0) is 17.6. The number of benzene rings is 2. The predicted molar refractivity (Wildman–Crippen MR) is 105 cm³/mol. The normalized spacial score (nSPS) is 11.0. The van der Waals surface area contributed by atoms with E-state index in [1.165, 1.54) is 10.2 Å². The largest absolute Gasteiger partial charge is 0.287 e. The number of aromatic nitrogens is 2. The Labute approximate surface area is 154 Å². The average Bonchev–Trinajstić information content (AvgIpc) is 2.66. The Kier molecular flexibility index (Phi) is 5.40. The summed E-state index contributed by atoms with van der Waals surface area (Å²) in [6.07, 6.45) is 4.27. The third kappa shape index (κ3) is 4.03. The van der Waals surface area contributed by atoms with Crippen molar-refractivity contribution in [2.75, 3.05) is 5.43 Å². The number of para-hydroxylation sites is 1. The van der Waals surface area contributed by atoms with Crippen LogP contribution in [0.5, 0.6) is 0 Å². The molecule has 5 nitrogen and oxygen atoms in total. The summed E-state index contributed by atoms with van der Waals surface area (Å²) >= 11 is 3.32. The molecule has 0 fully saturated rings. The molecule has 2 aromatic carbocycles. The van der Waals surface area contributed by atoms with Crippen molar-refractivity contribution >= 4 is 27.8 Å². The van der Waals surface area contributed by atoms with Crippen molar-refractivity contribution in [3.05, 3.63) is 86.7 Å². The Morgan fingerprint density at radius 3 is 2.56 bits per heavy atom. The molecule has 6 heteroatoms. The van der Waals surface area contributed by atoms with Gasteiger partial charge in [-0.3, -0.25) is 10.2 Å². The van der Waals surface area contributed by atoms with Crippen LogP contribution in [0.2, 0.25) is 0 Å². The van der Waals surface area contributed by atoms with Crippen molar-refractivity contribution in [1.82, 2.24) is 9.78 Å². The Balaban J connectivity index is 1.78. The van der Waals surface area contributed by atoms with Crippen LogP contribution < -0.4 is 11.0 Å². The molecule has 0 bridgehead atoms. The maximum atomic E-state index is 12.5. The van der Waals surface area contributed by atoms with E-state index in [-0.39, 0.29) is 5.56 Å². The van der Waals surface area contributed by atoms with Gasteiger partial charge in [0.05, 0.1) is 23.8 Å². The highest BCUT2D eigenvalue weighted by Crippen LogP contribution is 2.17. The molecule has 25 heavy (non-hydrogen) atoms. The van der Waals surface area contributed by atoms with Crippen LogP contribution in [0.15, 0.2) is 75.2 Å². The standard InChI is InChI=1S/C19H17BrN4O/c1-2-14-8-10-15(11-9-14)12-21-23-17-13-22-24(19(25)18(17)20)16-6-4-3-5-7-16/h3-13,23H,2H2,1H3. The van der Waals surface area contributed by atoms with Gasteiger partial charge in [0, 0.05) is 0 Å². The van der Waals surface area contributed by atoms with Gasteiger partial charge < -0.3 is 0 Å². The SMILES string of the molecule is CCc1ccc(C=NNc2cnn(-c3ccccc3)c(=O)c2Br)cc1. The van der Waals surface area contributed by atoms with Gasteiger partial charge in [0.2, 0.25) is 0 Å². The molecule has 0 unspecified atom stereocenters. The van der Waals surface area contributed by atoms with E-state index in [0.717, 1.165) is 12.0 Å². The zero-order valence-electron chi connectivity index (χ0n) is 13.7. The Hall–Kier alpha value is -2.73. The molecule has 0 atom stereocenters. The van der Waals surface area contributed by atoms with E-state index in [1.807, 2.05) is 42.5 Å². The first-order chi connectivity index (χ1) is 12.2. The van der Waals surface area contributed by atoms with E-state index in [2.05, 4.69) is 50.6 Å². The second-order valence-electron chi connectivity index (χ2n) is 5.39. The topological polar surface area (TPSA) is 59.3 Å². The summed E-state index contributed by atoms with van der Waals surface area (Å²) in [5.41, 5.74) is 6.08. The van der Waals surface area contributed by atoms with Crippen LogP contribution >= 0.6 is 15.9 Å². The zero-order valence-corrected chi connectivity index (χ0v) is 15.3. The summed E-state index contributed by atoms with van der Waals surface area (Å²) in [5, 5.41) is 8.37. The van der Waals surface area contributed by atoms with E-state index in [9.17, 15) is 4.79 Å². The second kappa shape index (κ2) is 7.90. The molecule has 1 heterocycles. The predicted octanol–water partition coefficient (Wildman–Crippen LogP) is 4.00. The lowest BCUT2D eigenvalue weighted by Crippen LogP contribution is -2.22. The molecular weight excluding hydrogens is 380 g/mol. The molecule has 0 spiro atoms. The first-order valence-electron chi connectivity index (χ1n) is 7.90. The van der Waals surface area contributed by atoms with Gasteiger partial charge in [-0.2, -0.15) is 14.9 Å². The van der Waals surface area contributed by atoms with Crippen LogP contribution in [0.1, 0.15) is 18.1 Å². The van der Waals surface area contributed by atoms with Crippen molar-refractivity contribution in [3.8, 4) is 5.69 Å². The van der Waals surface area contributed by atoms with Gasteiger partial charge in [-0.1, -0.05) is 49.4 Å². The number of nitrogens with zero attached hydrogens (tertiary/aromatic N) is 3. The van der Waals surface area contributed by atoms with Crippen molar-refractivity contribution in [3.63, 3.8) is 0 Å². The van der Waals surface area contributed by atoms with E-state index in [4.69, 9.17) is 0 Å². The minimum absolute atomic E-state index is 0.251. The molecule has 0 amide bonds. The lowest BCUT2D eigenvalue weighted by molar-refractivity contribution is 0.801. The summed E-state index contributed by atoms with van der Waals surface area (Å²) < 4.78 is 1.72. The van der Waals surface area contributed by atoms with Crippen molar-refractivity contribution in [1.29, 1.82) is 0 Å². The minimum atomic E-state index is -0.251. The van der Waals surface area contributed by atoms with Crippen molar-refractivity contribution < 1.29 is 0 Å². The van der Waals surface area contributed by atoms with Crippen molar-refractivity contribution in [2.45, 2.75) is 13.3 Å². The third-order valence-corrected chi connectivity index (χ3v) is 4.47. The van der Waals surface area contributed by atoms with Gasteiger partial charge in [0.15, 0.2) is 0 Å². The third-order valence-electron chi connectivity index (χ3n) is 3.71. The van der Waals surface area contributed by atoms with Crippen LogP contribution in [0.3, 0.4) is 0 Å². The van der Waals surface area contributed by atoms with E-state index in [1.54, 1.807) is 12.4 Å². The Bertz CT molecular complexity index is 934. The smallest absolute Gasteiger partial charge is 0.275 e. The number of hydrazone groups is 1. The van der Waals surface area contributed by atoms with Gasteiger partial charge in [-0.15, -0.1) is 0 Å². The molecule has 0 saturated heterocycles. The molecule has 1 N–H and O–H groups in total. The summed E-state index contributed by atoms with van der Waals surface area (Å²) in [6, 6.07) is 17.4. The number of hydrogen-bond acceptors (Lipinski definition) is 4. The van der Waals surface area contributed by atoms with Crippen LogP contribution in [-0.4, -0.2) is 16.0 Å². The first kappa shape index (κ1) is 17.1. The summed E-state index contributed by atoms with van der Waals surface area (Å²) in [6.45, 7) is 2.12. The molecular formula is C19H17BrN4O. The van der Waals surface area contributed by atoms with Gasteiger partial charge >= 0.3 is 0 Å².